The van der Waals surface area contributed by atoms with E-state index in [0.717, 1.165) is 0 Å². The molecule has 0 aliphatic heterocycles. The molecule has 0 radical (unpaired) electrons. The predicted molar refractivity (Wildman–Crippen MR) is 52.7 cm³/mol. The monoisotopic (exact) mass is 214 g/mol. The SMILES string of the molecule is COc1ccc(C(=O)C(C)(F)F)cc1C. The van der Waals surface area contributed by atoms with Gasteiger partial charge in [0.15, 0.2) is 0 Å². The third kappa shape index (κ3) is 2.52. The summed E-state index contributed by atoms with van der Waals surface area (Å²) in [6, 6.07) is 4.25. The second kappa shape index (κ2) is 3.96. The number of carbonyl (C=O) groups excluding carboxylic acids is 1. The molecular weight excluding hydrogens is 202 g/mol. The highest BCUT2D eigenvalue weighted by molar-refractivity contribution is 6.01. The van der Waals surface area contributed by atoms with Crippen molar-refractivity contribution >= 4 is 5.78 Å². The molecule has 0 atom stereocenters. The summed E-state index contributed by atoms with van der Waals surface area (Å²) < 4.78 is 30.4. The van der Waals surface area contributed by atoms with Gasteiger partial charge in [-0.2, -0.15) is 8.78 Å². The minimum absolute atomic E-state index is 0.000741. The molecule has 0 spiro atoms. The summed E-state index contributed by atoms with van der Waals surface area (Å²) in [5.41, 5.74) is 0.661. The molecule has 0 heterocycles. The lowest BCUT2D eigenvalue weighted by molar-refractivity contribution is 0.0221. The molecule has 0 unspecified atom stereocenters. The van der Waals surface area contributed by atoms with Crippen molar-refractivity contribution in [3.8, 4) is 5.75 Å². The van der Waals surface area contributed by atoms with E-state index in [9.17, 15) is 13.6 Å². The molecule has 0 bridgehead atoms. The Morgan fingerprint density at radius 1 is 1.40 bits per heavy atom. The molecule has 0 saturated carbocycles. The highest BCUT2D eigenvalue weighted by Crippen LogP contribution is 2.23. The third-order valence-electron chi connectivity index (χ3n) is 2.06. The molecule has 0 amide bonds. The van der Waals surface area contributed by atoms with Crippen LogP contribution in [0.2, 0.25) is 0 Å². The number of ether oxygens (including phenoxy) is 1. The normalized spacial score (nSPS) is 11.3. The summed E-state index contributed by atoms with van der Waals surface area (Å²) in [5.74, 6) is -3.93. The summed E-state index contributed by atoms with van der Waals surface area (Å²) in [6.45, 7) is 2.29. The summed E-state index contributed by atoms with van der Waals surface area (Å²) in [6.07, 6.45) is 0. The summed E-state index contributed by atoms with van der Waals surface area (Å²) >= 11 is 0. The minimum Gasteiger partial charge on any atom is -0.496 e. The van der Waals surface area contributed by atoms with Gasteiger partial charge in [-0.1, -0.05) is 0 Å². The van der Waals surface area contributed by atoms with E-state index in [2.05, 4.69) is 0 Å². The van der Waals surface area contributed by atoms with E-state index in [1.165, 1.54) is 25.3 Å². The molecule has 1 aromatic carbocycles. The highest BCUT2D eigenvalue weighted by Gasteiger charge is 2.33. The number of alkyl halides is 2. The molecule has 2 nitrogen and oxygen atoms in total. The van der Waals surface area contributed by atoms with E-state index in [1.807, 2.05) is 0 Å². The Morgan fingerprint density at radius 3 is 2.40 bits per heavy atom. The minimum atomic E-state index is -3.33. The fourth-order valence-corrected chi connectivity index (χ4v) is 1.27. The molecule has 0 aromatic heterocycles. The van der Waals surface area contributed by atoms with E-state index >= 15 is 0 Å². The van der Waals surface area contributed by atoms with Crippen molar-refractivity contribution < 1.29 is 18.3 Å². The van der Waals surface area contributed by atoms with Gasteiger partial charge < -0.3 is 4.74 Å². The van der Waals surface area contributed by atoms with Crippen molar-refractivity contribution in [2.24, 2.45) is 0 Å². The molecule has 0 aliphatic carbocycles. The first-order valence-corrected chi connectivity index (χ1v) is 4.43. The molecule has 15 heavy (non-hydrogen) atoms. The lowest BCUT2D eigenvalue weighted by Crippen LogP contribution is -2.24. The van der Waals surface area contributed by atoms with Crippen LogP contribution in [0.3, 0.4) is 0 Å². The second-order valence-electron chi connectivity index (χ2n) is 3.40. The van der Waals surface area contributed by atoms with Gasteiger partial charge in [-0.15, -0.1) is 0 Å². The summed E-state index contributed by atoms with van der Waals surface area (Å²) in [4.78, 5) is 11.2. The fourth-order valence-electron chi connectivity index (χ4n) is 1.27. The molecule has 82 valence electrons. The number of carbonyl (C=O) groups is 1. The van der Waals surface area contributed by atoms with Crippen molar-refractivity contribution in [3.63, 3.8) is 0 Å². The molecule has 0 fully saturated rings. The highest BCUT2D eigenvalue weighted by atomic mass is 19.3. The van der Waals surface area contributed by atoms with Crippen LogP contribution in [0, 0.1) is 6.92 Å². The first-order chi connectivity index (χ1) is 6.86. The topological polar surface area (TPSA) is 26.3 Å². The maximum atomic E-state index is 12.7. The van der Waals surface area contributed by atoms with Crippen LogP contribution in [-0.4, -0.2) is 18.8 Å². The Labute approximate surface area is 86.9 Å². The lowest BCUT2D eigenvalue weighted by Gasteiger charge is -2.10. The Balaban J connectivity index is 3.08. The summed E-state index contributed by atoms with van der Waals surface area (Å²) in [7, 11) is 1.48. The van der Waals surface area contributed by atoms with Crippen LogP contribution in [0.1, 0.15) is 22.8 Å². The smallest absolute Gasteiger partial charge is 0.307 e. The lowest BCUT2D eigenvalue weighted by atomic mass is 10.0. The van der Waals surface area contributed by atoms with E-state index in [-0.39, 0.29) is 5.56 Å². The number of Topliss-reactive ketones (excluding diaryl/α,β-unsaturated/α-hetero) is 1. The standard InChI is InChI=1S/C11H12F2O2/c1-7-6-8(4-5-9(7)15-3)10(14)11(2,12)13/h4-6H,1-3H3. The summed E-state index contributed by atoms with van der Waals surface area (Å²) in [5, 5.41) is 0. The van der Waals surface area contributed by atoms with Crippen LogP contribution < -0.4 is 4.74 Å². The number of halogens is 2. The second-order valence-corrected chi connectivity index (χ2v) is 3.40. The van der Waals surface area contributed by atoms with E-state index in [1.54, 1.807) is 6.92 Å². The molecule has 1 aromatic rings. The van der Waals surface area contributed by atoms with Crippen molar-refractivity contribution in [2.45, 2.75) is 19.8 Å². The first kappa shape index (κ1) is 11.6. The quantitative estimate of drug-likeness (QED) is 0.723. The third-order valence-corrected chi connectivity index (χ3v) is 2.06. The zero-order valence-corrected chi connectivity index (χ0v) is 8.80. The van der Waals surface area contributed by atoms with Gasteiger partial charge in [-0.3, -0.25) is 4.79 Å². The van der Waals surface area contributed by atoms with Crippen LogP contribution in [-0.2, 0) is 0 Å². The maximum Gasteiger partial charge on any atom is 0.307 e. The van der Waals surface area contributed by atoms with Crippen molar-refractivity contribution in [1.29, 1.82) is 0 Å². The maximum absolute atomic E-state index is 12.7. The molecule has 0 saturated heterocycles. The number of benzene rings is 1. The van der Waals surface area contributed by atoms with E-state index < -0.39 is 11.7 Å². The number of ketones is 1. The van der Waals surface area contributed by atoms with Gasteiger partial charge in [0.2, 0.25) is 5.78 Å². The molecular formula is C11H12F2O2. The van der Waals surface area contributed by atoms with Gasteiger partial charge in [0.05, 0.1) is 7.11 Å². The predicted octanol–water partition coefficient (Wildman–Crippen LogP) is 2.84. The van der Waals surface area contributed by atoms with Crippen molar-refractivity contribution in [3.05, 3.63) is 29.3 Å². The Bertz CT molecular complexity index is 381. The Hall–Kier alpha value is -1.45. The van der Waals surface area contributed by atoms with Crippen molar-refractivity contribution in [1.82, 2.24) is 0 Å². The van der Waals surface area contributed by atoms with E-state index in [4.69, 9.17) is 4.74 Å². The van der Waals surface area contributed by atoms with Crippen LogP contribution in [0.25, 0.3) is 0 Å². The van der Waals surface area contributed by atoms with E-state index in [0.29, 0.717) is 18.2 Å². The number of rotatable bonds is 3. The average Bonchev–Trinajstić information content (AvgIpc) is 2.15. The van der Waals surface area contributed by atoms with Gasteiger partial charge >= 0.3 is 5.92 Å². The van der Waals surface area contributed by atoms with Crippen LogP contribution in [0.5, 0.6) is 5.75 Å². The van der Waals surface area contributed by atoms with Gasteiger partial charge in [0, 0.05) is 12.5 Å². The van der Waals surface area contributed by atoms with Gasteiger partial charge in [-0.05, 0) is 30.7 Å². The zero-order valence-electron chi connectivity index (χ0n) is 8.80. The van der Waals surface area contributed by atoms with Gasteiger partial charge in [-0.25, -0.2) is 0 Å². The zero-order chi connectivity index (χ0) is 11.6. The van der Waals surface area contributed by atoms with Crippen LogP contribution in [0.15, 0.2) is 18.2 Å². The van der Waals surface area contributed by atoms with Crippen molar-refractivity contribution in [2.75, 3.05) is 7.11 Å². The molecule has 4 heteroatoms. The number of aryl methyl sites for hydroxylation is 1. The Kier molecular flexibility index (Phi) is 3.07. The van der Waals surface area contributed by atoms with Gasteiger partial charge in [0.25, 0.3) is 0 Å². The number of hydrogen-bond donors (Lipinski definition) is 0. The first-order valence-electron chi connectivity index (χ1n) is 4.43. The largest absolute Gasteiger partial charge is 0.496 e. The number of methoxy groups -OCH3 is 1. The van der Waals surface area contributed by atoms with Crippen LogP contribution in [0.4, 0.5) is 8.78 Å². The molecule has 1 rings (SSSR count). The Morgan fingerprint density at radius 2 is 2.00 bits per heavy atom. The molecule has 0 aliphatic rings. The molecule has 0 N–H and O–H groups in total. The van der Waals surface area contributed by atoms with Crippen LogP contribution >= 0.6 is 0 Å². The fraction of sp³-hybridized carbons (Fsp3) is 0.364. The number of hydrogen-bond acceptors (Lipinski definition) is 2. The van der Waals surface area contributed by atoms with Gasteiger partial charge in [0.1, 0.15) is 5.75 Å². The average molecular weight is 214 g/mol.